The van der Waals surface area contributed by atoms with Crippen molar-refractivity contribution >= 4 is 28.5 Å². The Balaban J connectivity index is 0.848. The van der Waals surface area contributed by atoms with Gasteiger partial charge in [-0.05, 0) is 87.3 Å². The summed E-state index contributed by atoms with van der Waals surface area (Å²) < 4.78 is 21.5. The van der Waals surface area contributed by atoms with Gasteiger partial charge < -0.3 is 14.2 Å². The lowest BCUT2D eigenvalue weighted by atomic mass is 10.1. The number of ether oxygens (including phenoxy) is 3. The SMILES string of the molecule is CC(=O)Oc1c(-c2cn(CCCCCCCCOCCCc3ccc[n+](CCCCCCOCCCc4cccnc4)c3)nn2)cc(Cl)c2cccnc12. The molecule has 0 aliphatic heterocycles. The highest BCUT2D eigenvalue weighted by molar-refractivity contribution is 6.36. The first-order valence-electron chi connectivity index (χ1n) is 19.8. The largest absolute Gasteiger partial charge is 0.424 e. The zero-order valence-corrected chi connectivity index (χ0v) is 32.6. The molecule has 0 aliphatic rings. The van der Waals surface area contributed by atoms with Crippen molar-refractivity contribution in [1.82, 2.24) is 25.0 Å². The third kappa shape index (κ3) is 14.2. The van der Waals surface area contributed by atoms with Gasteiger partial charge in [0.05, 0.1) is 16.8 Å². The molecule has 0 aliphatic carbocycles. The van der Waals surface area contributed by atoms with Gasteiger partial charge in [-0.3, -0.25) is 19.4 Å². The normalized spacial score (nSPS) is 11.4. The van der Waals surface area contributed by atoms with Gasteiger partial charge in [0.25, 0.3) is 0 Å². The van der Waals surface area contributed by atoms with E-state index in [1.54, 1.807) is 18.3 Å². The van der Waals surface area contributed by atoms with E-state index < -0.39 is 5.97 Å². The van der Waals surface area contributed by atoms with Crippen molar-refractivity contribution in [1.29, 1.82) is 0 Å². The van der Waals surface area contributed by atoms with Crippen LogP contribution in [0.2, 0.25) is 5.02 Å². The van der Waals surface area contributed by atoms with Gasteiger partial charge in [0.1, 0.15) is 17.8 Å². The Bertz CT molecular complexity index is 1840. The summed E-state index contributed by atoms with van der Waals surface area (Å²) in [6.45, 7) is 6.53. The monoisotopic (exact) mass is 755 g/mol. The van der Waals surface area contributed by atoms with Crippen LogP contribution in [0.4, 0.5) is 0 Å². The summed E-state index contributed by atoms with van der Waals surface area (Å²) in [6, 6.07) is 13.9. The van der Waals surface area contributed by atoms with Crippen molar-refractivity contribution in [2.24, 2.45) is 0 Å². The highest BCUT2D eigenvalue weighted by atomic mass is 35.5. The van der Waals surface area contributed by atoms with Gasteiger partial charge in [-0.1, -0.05) is 55.0 Å². The van der Waals surface area contributed by atoms with Gasteiger partial charge in [-0.2, -0.15) is 0 Å². The Hall–Kier alpha value is -4.25. The van der Waals surface area contributed by atoms with Crippen molar-refractivity contribution in [2.75, 3.05) is 26.4 Å². The molecule has 0 radical (unpaired) electrons. The molecule has 4 heterocycles. The van der Waals surface area contributed by atoms with Gasteiger partial charge in [0.2, 0.25) is 0 Å². The summed E-state index contributed by atoms with van der Waals surface area (Å²) in [5.41, 5.74) is 4.38. The first kappa shape index (κ1) is 40.9. The molecule has 11 heteroatoms. The number of halogens is 1. The second-order valence-electron chi connectivity index (χ2n) is 13.9. The zero-order valence-electron chi connectivity index (χ0n) is 31.8. The summed E-state index contributed by atoms with van der Waals surface area (Å²) in [6.07, 6.45) is 27.5. The molecule has 0 unspecified atom stereocenters. The lowest BCUT2D eigenvalue weighted by Crippen LogP contribution is -2.33. The van der Waals surface area contributed by atoms with Gasteiger partial charge in [0.15, 0.2) is 18.1 Å². The number of carbonyl (C=O) groups is 1. The van der Waals surface area contributed by atoms with Crippen LogP contribution < -0.4 is 9.30 Å². The summed E-state index contributed by atoms with van der Waals surface area (Å²) >= 11 is 6.54. The Kier molecular flexibility index (Phi) is 17.8. The van der Waals surface area contributed by atoms with Crippen LogP contribution in [-0.2, 0) is 40.2 Å². The van der Waals surface area contributed by atoms with Crippen molar-refractivity contribution in [2.45, 2.75) is 110 Å². The third-order valence-corrected chi connectivity index (χ3v) is 9.70. The fourth-order valence-electron chi connectivity index (χ4n) is 6.55. The Labute approximate surface area is 325 Å². The van der Waals surface area contributed by atoms with Crippen LogP contribution >= 0.6 is 11.6 Å². The van der Waals surface area contributed by atoms with Gasteiger partial charge in [-0.15, -0.1) is 5.10 Å². The third-order valence-electron chi connectivity index (χ3n) is 9.39. The number of esters is 1. The number of rotatable bonds is 26. The maximum absolute atomic E-state index is 11.9. The lowest BCUT2D eigenvalue weighted by Gasteiger charge is -2.11. The highest BCUT2D eigenvalue weighted by Crippen LogP contribution is 2.39. The topological polar surface area (TPSA) is 105 Å². The average Bonchev–Trinajstić information content (AvgIpc) is 3.66. The molecule has 5 aromatic rings. The number of fused-ring (bicyclic) bond motifs is 1. The quantitative estimate of drug-likeness (QED) is 0.0239. The molecule has 0 spiro atoms. The van der Waals surface area contributed by atoms with E-state index in [1.807, 2.05) is 35.4 Å². The fourth-order valence-corrected chi connectivity index (χ4v) is 6.81. The van der Waals surface area contributed by atoms with E-state index >= 15 is 0 Å². The predicted octanol–water partition coefficient (Wildman–Crippen LogP) is 8.95. The highest BCUT2D eigenvalue weighted by Gasteiger charge is 2.19. The number of carbonyl (C=O) groups excluding carboxylic acids is 1. The first-order chi connectivity index (χ1) is 26.6. The van der Waals surface area contributed by atoms with E-state index in [2.05, 4.69) is 55.4 Å². The van der Waals surface area contributed by atoms with Gasteiger partial charge in [-0.25, -0.2) is 4.57 Å². The van der Waals surface area contributed by atoms with Crippen molar-refractivity contribution in [3.63, 3.8) is 0 Å². The van der Waals surface area contributed by atoms with Gasteiger partial charge in [0, 0.05) is 81.9 Å². The average molecular weight is 756 g/mol. The lowest BCUT2D eigenvalue weighted by molar-refractivity contribution is -0.697. The Morgan fingerprint density at radius 1 is 0.796 bits per heavy atom. The molecule has 0 N–H and O–H groups in total. The minimum absolute atomic E-state index is 0.349. The minimum atomic E-state index is -0.430. The van der Waals surface area contributed by atoms with Crippen LogP contribution in [0.5, 0.6) is 5.75 Å². The number of benzene rings is 1. The van der Waals surface area contributed by atoms with Crippen molar-refractivity contribution < 1.29 is 23.6 Å². The maximum Gasteiger partial charge on any atom is 0.308 e. The first-order valence-corrected chi connectivity index (χ1v) is 20.1. The summed E-state index contributed by atoms with van der Waals surface area (Å²) in [7, 11) is 0. The smallest absolute Gasteiger partial charge is 0.308 e. The standard InChI is InChI=1S/C43H56ClN6O4/c1-35(51)54-43-39(31-40(44)38-21-13-23-46-42(38)43)41-34-50(48-47-41)26-9-4-2-3-6-10-27-53-30-16-20-37-18-14-25-49(33-37)24-8-5-7-11-28-52-29-15-19-36-17-12-22-45-32-36/h12-14,17-18,21-23,25,31-34H,2-11,15-16,19-20,24,26-30H2,1H3/q+1. The number of aryl methyl sites for hydroxylation is 4. The van der Waals surface area contributed by atoms with Crippen LogP contribution in [0.1, 0.15) is 95.1 Å². The van der Waals surface area contributed by atoms with E-state index in [0.29, 0.717) is 32.9 Å². The number of unbranched alkanes of at least 4 members (excludes halogenated alkanes) is 8. The van der Waals surface area contributed by atoms with E-state index in [0.717, 1.165) is 90.9 Å². The molecule has 0 saturated carbocycles. The van der Waals surface area contributed by atoms with Gasteiger partial charge >= 0.3 is 5.97 Å². The Morgan fingerprint density at radius 2 is 1.48 bits per heavy atom. The maximum atomic E-state index is 11.9. The minimum Gasteiger partial charge on any atom is -0.424 e. The fraction of sp³-hybridized carbons (Fsp3) is 0.488. The molecule has 0 saturated heterocycles. The van der Waals surface area contributed by atoms with Crippen LogP contribution in [-0.4, -0.2) is 57.4 Å². The summed E-state index contributed by atoms with van der Waals surface area (Å²) in [4.78, 5) is 20.4. The molecule has 0 amide bonds. The van der Waals surface area contributed by atoms with Crippen LogP contribution in [0.3, 0.4) is 0 Å². The van der Waals surface area contributed by atoms with Crippen molar-refractivity contribution in [3.05, 3.63) is 95.8 Å². The molecule has 54 heavy (non-hydrogen) atoms. The molecule has 5 rings (SSSR count). The van der Waals surface area contributed by atoms with Crippen molar-refractivity contribution in [3.8, 4) is 17.0 Å². The molecule has 288 valence electrons. The molecular formula is C43H56ClN6O4+. The number of hydrogen-bond donors (Lipinski definition) is 0. The number of hydrogen-bond acceptors (Lipinski definition) is 8. The second kappa shape index (κ2) is 23.5. The predicted molar refractivity (Wildman–Crippen MR) is 212 cm³/mol. The molecule has 10 nitrogen and oxygen atoms in total. The van der Waals surface area contributed by atoms with Crippen LogP contribution in [0.15, 0.2) is 79.6 Å². The van der Waals surface area contributed by atoms with E-state index in [9.17, 15) is 4.79 Å². The van der Waals surface area contributed by atoms with E-state index in [4.69, 9.17) is 25.8 Å². The number of aromatic nitrogens is 6. The van der Waals surface area contributed by atoms with Crippen LogP contribution in [0, 0.1) is 0 Å². The van der Waals surface area contributed by atoms with Crippen LogP contribution in [0.25, 0.3) is 22.2 Å². The molecule has 0 atom stereocenters. The summed E-state index contributed by atoms with van der Waals surface area (Å²) in [5.74, 6) is -0.0815. The number of nitrogens with zero attached hydrogens (tertiary/aromatic N) is 6. The molecule has 4 aromatic heterocycles. The molecular weight excluding hydrogens is 700 g/mol. The second-order valence-corrected chi connectivity index (χ2v) is 14.3. The zero-order chi connectivity index (χ0) is 37.6. The van der Waals surface area contributed by atoms with E-state index in [1.165, 1.54) is 56.6 Å². The number of pyridine rings is 3. The molecule has 0 fully saturated rings. The van der Waals surface area contributed by atoms with E-state index in [-0.39, 0.29) is 0 Å². The molecule has 1 aromatic carbocycles. The summed E-state index contributed by atoms with van der Waals surface area (Å²) in [5, 5.41) is 9.88. The molecule has 0 bridgehead atoms. The Morgan fingerprint density at radius 3 is 2.24 bits per heavy atom.